The fourth-order valence-corrected chi connectivity index (χ4v) is 1.82. The third-order valence-corrected chi connectivity index (χ3v) is 3.00. The largest absolute Gasteiger partial charge is 0.468 e. The van der Waals surface area contributed by atoms with Crippen LogP contribution in [0.15, 0.2) is 35.5 Å². The molecule has 5 N–H and O–H groups in total. The molecule has 9 nitrogen and oxygen atoms in total. The third kappa shape index (κ3) is 3.71. The van der Waals surface area contributed by atoms with E-state index in [1.165, 1.54) is 0 Å². The zero-order chi connectivity index (χ0) is 16.1. The van der Waals surface area contributed by atoms with E-state index in [9.17, 15) is 20.1 Å². The summed E-state index contributed by atoms with van der Waals surface area (Å²) in [7, 11) is 0. The van der Waals surface area contributed by atoms with Crippen molar-refractivity contribution >= 4 is 17.7 Å². The summed E-state index contributed by atoms with van der Waals surface area (Å²) in [5.41, 5.74) is 0.474. The van der Waals surface area contributed by atoms with Gasteiger partial charge in [-0.15, -0.1) is 0 Å². The molecular formula is C13H16N2O7. The van der Waals surface area contributed by atoms with E-state index >= 15 is 0 Å². The van der Waals surface area contributed by atoms with E-state index in [1.807, 2.05) is 0 Å². The highest BCUT2D eigenvalue weighted by atomic mass is 16.7. The molecule has 1 fully saturated rings. The predicted octanol–water partition coefficient (Wildman–Crippen LogP) is -0.978. The van der Waals surface area contributed by atoms with Crippen molar-refractivity contribution in [3.05, 3.63) is 30.3 Å². The number of oxime groups is 1. The van der Waals surface area contributed by atoms with Crippen LogP contribution in [-0.4, -0.2) is 63.4 Å². The first kappa shape index (κ1) is 16.2. The first-order chi connectivity index (χ1) is 10.5. The van der Waals surface area contributed by atoms with Crippen LogP contribution in [0, 0.1) is 0 Å². The maximum atomic E-state index is 11.5. The summed E-state index contributed by atoms with van der Waals surface area (Å²) in [5, 5.41) is 43.5. The molecule has 0 aliphatic carbocycles. The Labute approximate surface area is 125 Å². The minimum absolute atomic E-state index is 0.474. The number of aliphatic hydroxyl groups excluding tert-OH is 4. The van der Waals surface area contributed by atoms with Crippen molar-refractivity contribution in [1.29, 1.82) is 0 Å². The standard InChI is InChI=1S/C13H16N2O7/c16-6-8-9(17)10(18)11(19)12(21-8)15-22-13(20)14-7-4-2-1-3-5-7/h1-5,8-11,16-19H,6H2,(H,14,20)/b15-12+/t8-,9-,10-,11+/m1/s1. The summed E-state index contributed by atoms with van der Waals surface area (Å²) in [6.45, 7) is -0.611. The maximum absolute atomic E-state index is 11.5. The number of nitrogens with one attached hydrogen (secondary N) is 1. The first-order valence-electron chi connectivity index (χ1n) is 6.45. The molecule has 1 saturated heterocycles. The lowest BCUT2D eigenvalue weighted by Gasteiger charge is -2.34. The number of benzene rings is 1. The number of amides is 1. The number of anilines is 1. The Kier molecular flexibility index (Phi) is 5.28. The van der Waals surface area contributed by atoms with Gasteiger partial charge in [-0.2, -0.15) is 0 Å². The number of hydrogen-bond acceptors (Lipinski definition) is 8. The summed E-state index contributed by atoms with van der Waals surface area (Å²) in [4.78, 5) is 16.0. The number of ether oxygens (including phenoxy) is 1. The van der Waals surface area contributed by atoms with E-state index in [-0.39, 0.29) is 0 Å². The summed E-state index contributed by atoms with van der Waals surface area (Å²) in [6, 6.07) is 8.44. The summed E-state index contributed by atoms with van der Waals surface area (Å²) in [5.74, 6) is -0.514. The van der Waals surface area contributed by atoms with Gasteiger partial charge in [0.25, 0.3) is 5.90 Å². The van der Waals surface area contributed by atoms with E-state index in [0.29, 0.717) is 5.69 Å². The van der Waals surface area contributed by atoms with Gasteiger partial charge in [-0.1, -0.05) is 18.2 Å². The van der Waals surface area contributed by atoms with Crippen LogP contribution >= 0.6 is 0 Å². The van der Waals surface area contributed by atoms with Gasteiger partial charge < -0.3 is 25.2 Å². The molecule has 0 radical (unpaired) electrons. The summed E-state index contributed by atoms with van der Waals surface area (Å²) in [6.07, 6.45) is -6.90. The Morgan fingerprint density at radius 3 is 2.55 bits per heavy atom. The third-order valence-electron chi connectivity index (χ3n) is 3.00. The fourth-order valence-electron chi connectivity index (χ4n) is 1.82. The van der Waals surface area contributed by atoms with Gasteiger partial charge in [-0.3, -0.25) is 10.2 Å². The van der Waals surface area contributed by atoms with Gasteiger partial charge in [-0.25, -0.2) is 4.79 Å². The molecule has 0 aromatic heterocycles. The number of aliphatic hydroxyl groups is 4. The molecular weight excluding hydrogens is 296 g/mol. The minimum atomic E-state index is -1.68. The fraction of sp³-hybridized carbons (Fsp3) is 0.385. The van der Waals surface area contributed by atoms with Crippen LogP contribution in [0.1, 0.15) is 0 Å². The highest BCUT2D eigenvalue weighted by molar-refractivity contribution is 5.86. The van der Waals surface area contributed by atoms with E-state index in [0.717, 1.165) is 0 Å². The van der Waals surface area contributed by atoms with Crippen molar-refractivity contribution in [2.45, 2.75) is 24.4 Å². The van der Waals surface area contributed by atoms with Crippen LogP contribution in [0.4, 0.5) is 10.5 Å². The number of carbonyl (C=O) groups excluding carboxylic acids is 1. The molecule has 0 bridgehead atoms. The van der Waals surface area contributed by atoms with E-state index in [1.54, 1.807) is 30.3 Å². The zero-order valence-electron chi connectivity index (χ0n) is 11.4. The first-order valence-corrected chi connectivity index (χ1v) is 6.45. The summed E-state index contributed by atoms with van der Waals surface area (Å²) < 4.78 is 4.97. The minimum Gasteiger partial charge on any atom is -0.468 e. The Morgan fingerprint density at radius 1 is 1.23 bits per heavy atom. The lowest BCUT2D eigenvalue weighted by molar-refractivity contribution is -0.130. The molecule has 1 amide bonds. The molecule has 1 aromatic carbocycles. The highest BCUT2D eigenvalue weighted by Gasteiger charge is 2.42. The van der Waals surface area contributed by atoms with E-state index in [4.69, 9.17) is 9.84 Å². The smallest absolute Gasteiger partial charge is 0.437 e. The second kappa shape index (κ2) is 7.18. The Bertz CT molecular complexity index is 534. The average molecular weight is 312 g/mol. The second-order valence-corrected chi connectivity index (χ2v) is 4.56. The molecule has 0 unspecified atom stereocenters. The maximum Gasteiger partial charge on any atom is 0.437 e. The Hall–Kier alpha value is -2.20. The van der Waals surface area contributed by atoms with Crippen LogP contribution in [0.5, 0.6) is 0 Å². The van der Waals surface area contributed by atoms with Crippen LogP contribution in [-0.2, 0) is 9.57 Å². The quantitative estimate of drug-likeness (QED) is 0.357. The van der Waals surface area contributed by atoms with Crippen LogP contribution in [0.2, 0.25) is 0 Å². The predicted molar refractivity (Wildman–Crippen MR) is 74.0 cm³/mol. The molecule has 2 rings (SSSR count). The normalized spacial score (nSPS) is 29.7. The Morgan fingerprint density at radius 2 is 1.91 bits per heavy atom. The molecule has 0 spiro atoms. The van der Waals surface area contributed by atoms with Crippen molar-refractivity contribution in [3.63, 3.8) is 0 Å². The SMILES string of the molecule is O=C(Nc1ccccc1)O/N=C1/O[C@H](CO)[C@@H](O)[C@@H](O)[C@@H]1O. The average Bonchev–Trinajstić information content (AvgIpc) is 2.53. The van der Waals surface area contributed by atoms with Gasteiger partial charge in [0.1, 0.15) is 12.2 Å². The van der Waals surface area contributed by atoms with E-state index in [2.05, 4.69) is 15.3 Å². The van der Waals surface area contributed by atoms with Crippen molar-refractivity contribution < 1.29 is 34.8 Å². The molecule has 9 heteroatoms. The van der Waals surface area contributed by atoms with Gasteiger partial charge in [0.2, 0.25) is 0 Å². The number of carbonyl (C=O) groups is 1. The van der Waals surface area contributed by atoms with Gasteiger partial charge >= 0.3 is 6.09 Å². The molecule has 1 aliphatic heterocycles. The molecule has 120 valence electrons. The zero-order valence-corrected chi connectivity index (χ0v) is 11.4. The Balaban J connectivity index is 1.98. The van der Waals surface area contributed by atoms with Crippen molar-refractivity contribution in [2.24, 2.45) is 5.16 Å². The molecule has 1 heterocycles. The van der Waals surface area contributed by atoms with Crippen LogP contribution in [0.3, 0.4) is 0 Å². The summed E-state index contributed by atoms with van der Waals surface area (Å²) >= 11 is 0. The topological polar surface area (TPSA) is 141 Å². The lowest BCUT2D eigenvalue weighted by atomic mass is 10.00. The number of hydrogen-bond donors (Lipinski definition) is 5. The van der Waals surface area contributed by atoms with E-state index < -0.39 is 43.0 Å². The van der Waals surface area contributed by atoms with Gasteiger partial charge in [-0.05, 0) is 17.3 Å². The molecule has 4 atom stereocenters. The van der Waals surface area contributed by atoms with Crippen molar-refractivity contribution in [1.82, 2.24) is 0 Å². The van der Waals surface area contributed by atoms with Gasteiger partial charge in [0.15, 0.2) is 12.2 Å². The number of para-hydroxylation sites is 1. The van der Waals surface area contributed by atoms with Crippen LogP contribution in [0.25, 0.3) is 0 Å². The number of rotatable bonds is 3. The van der Waals surface area contributed by atoms with Crippen molar-refractivity contribution in [2.75, 3.05) is 11.9 Å². The monoisotopic (exact) mass is 312 g/mol. The lowest BCUT2D eigenvalue weighted by Crippen LogP contribution is -2.56. The molecule has 22 heavy (non-hydrogen) atoms. The molecule has 1 aliphatic rings. The van der Waals surface area contributed by atoms with Crippen molar-refractivity contribution in [3.8, 4) is 0 Å². The molecule has 1 aromatic rings. The van der Waals surface area contributed by atoms with Gasteiger partial charge in [0.05, 0.1) is 6.61 Å². The number of nitrogens with zero attached hydrogens (tertiary/aromatic N) is 1. The second-order valence-electron chi connectivity index (χ2n) is 4.56. The van der Waals surface area contributed by atoms with Crippen LogP contribution < -0.4 is 5.32 Å². The van der Waals surface area contributed by atoms with Gasteiger partial charge in [0, 0.05) is 5.69 Å². The highest BCUT2D eigenvalue weighted by Crippen LogP contribution is 2.17. The molecule has 0 saturated carbocycles.